The lowest BCUT2D eigenvalue weighted by Crippen LogP contribution is -1.97. The minimum absolute atomic E-state index is 0.726. The molecule has 0 fully saturated rings. The van der Waals surface area contributed by atoms with Crippen LogP contribution in [0.25, 0.3) is 0 Å². The van der Waals surface area contributed by atoms with Crippen LogP contribution in [0.3, 0.4) is 0 Å². The summed E-state index contributed by atoms with van der Waals surface area (Å²) in [6, 6.07) is 13.5. The van der Waals surface area contributed by atoms with Gasteiger partial charge in [0, 0.05) is 23.2 Å². The Morgan fingerprint density at radius 1 is 1.12 bits per heavy atom. The topological polar surface area (TPSA) is 35.2 Å². The molecule has 0 amide bonds. The summed E-state index contributed by atoms with van der Waals surface area (Å²) in [6.45, 7) is 0. The maximum absolute atomic E-state index is 6.12. The third-order valence-electron chi connectivity index (χ3n) is 2.69. The van der Waals surface area contributed by atoms with Crippen molar-refractivity contribution >= 4 is 17.3 Å². The minimum Gasteiger partial charge on any atom is -0.497 e. The predicted molar refractivity (Wildman–Crippen MR) is 71.7 cm³/mol. The summed E-state index contributed by atoms with van der Waals surface area (Å²) in [6.07, 6.45) is 0.732. The van der Waals surface area contributed by atoms with Crippen LogP contribution in [0.5, 0.6) is 5.75 Å². The Balaban J connectivity index is 2.28. The Kier molecular flexibility index (Phi) is 3.55. The van der Waals surface area contributed by atoms with Gasteiger partial charge in [0.25, 0.3) is 0 Å². The van der Waals surface area contributed by atoms with Crippen LogP contribution < -0.4 is 10.5 Å². The largest absolute Gasteiger partial charge is 0.497 e. The maximum atomic E-state index is 6.12. The zero-order valence-electron chi connectivity index (χ0n) is 9.61. The van der Waals surface area contributed by atoms with Gasteiger partial charge in [-0.05, 0) is 23.3 Å². The number of anilines is 1. The van der Waals surface area contributed by atoms with Gasteiger partial charge in [0.1, 0.15) is 5.75 Å². The van der Waals surface area contributed by atoms with Crippen LogP contribution in [0, 0.1) is 0 Å². The fourth-order valence-corrected chi connectivity index (χ4v) is 1.91. The van der Waals surface area contributed by atoms with Gasteiger partial charge in [-0.15, -0.1) is 0 Å². The van der Waals surface area contributed by atoms with E-state index in [2.05, 4.69) is 0 Å². The van der Waals surface area contributed by atoms with Crippen LogP contribution in [-0.2, 0) is 6.42 Å². The van der Waals surface area contributed by atoms with Gasteiger partial charge in [-0.2, -0.15) is 0 Å². The van der Waals surface area contributed by atoms with E-state index in [0.717, 1.165) is 34.0 Å². The number of ether oxygens (including phenoxy) is 1. The molecule has 17 heavy (non-hydrogen) atoms. The van der Waals surface area contributed by atoms with E-state index in [0.29, 0.717) is 0 Å². The average Bonchev–Trinajstić information content (AvgIpc) is 2.34. The highest BCUT2D eigenvalue weighted by molar-refractivity contribution is 6.31. The average molecular weight is 248 g/mol. The SMILES string of the molecule is COc1ccc(Cc2ccccc2Cl)c(N)c1. The van der Waals surface area contributed by atoms with Crippen LogP contribution in [-0.4, -0.2) is 7.11 Å². The van der Waals surface area contributed by atoms with E-state index in [1.165, 1.54) is 0 Å². The molecule has 2 aromatic carbocycles. The summed E-state index contributed by atoms with van der Waals surface area (Å²) < 4.78 is 5.12. The Hall–Kier alpha value is -1.67. The molecule has 2 rings (SSSR count). The van der Waals surface area contributed by atoms with Crippen molar-refractivity contribution in [3.05, 3.63) is 58.6 Å². The standard InChI is InChI=1S/C14H14ClNO/c1-17-12-7-6-11(14(16)9-12)8-10-4-2-3-5-13(10)15/h2-7,9H,8,16H2,1H3. The van der Waals surface area contributed by atoms with Crippen molar-refractivity contribution < 1.29 is 4.74 Å². The van der Waals surface area contributed by atoms with E-state index < -0.39 is 0 Å². The zero-order chi connectivity index (χ0) is 12.3. The number of nitrogens with two attached hydrogens (primary N) is 1. The summed E-state index contributed by atoms with van der Waals surface area (Å²) >= 11 is 6.12. The number of nitrogen functional groups attached to an aromatic ring is 1. The molecule has 0 atom stereocenters. The molecule has 0 radical (unpaired) electrons. The zero-order valence-corrected chi connectivity index (χ0v) is 10.4. The van der Waals surface area contributed by atoms with Crippen molar-refractivity contribution in [2.24, 2.45) is 0 Å². The maximum Gasteiger partial charge on any atom is 0.120 e. The highest BCUT2D eigenvalue weighted by Crippen LogP contribution is 2.25. The molecule has 0 aromatic heterocycles. The fraction of sp³-hybridized carbons (Fsp3) is 0.143. The van der Waals surface area contributed by atoms with Crippen LogP contribution in [0.15, 0.2) is 42.5 Å². The Morgan fingerprint density at radius 3 is 2.53 bits per heavy atom. The number of rotatable bonds is 3. The monoisotopic (exact) mass is 247 g/mol. The van der Waals surface area contributed by atoms with Gasteiger partial charge >= 0.3 is 0 Å². The summed E-state index contributed by atoms with van der Waals surface area (Å²) in [5, 5.41) is 0.766. The highest BCUT2D eigenvalue weighted by atomic mass is 35.5. The van der Waals surface area contributed by atoms with E-state index in [4.69, 9.17) is 22.1 Å². The molecule has 0 aliphatic rings. The lowest BCUT2D eigenvalue weighted by Gasteiger charge is -2.09. The van der Waals surface area contributed by atoms with Crippen molar-refractivity contribution in [2.75, 3.05) is 12.8 Å². The first-order chi connectivity index (χ1) is 8.20. The quantitative estimate of drug-likeness (QED) is 0.843. The minimum atomic E-state index is 0.726. The normalized spacial score (nSPS) is 10.2. The summed E-state index contributed by atoms with van der Waals surface area (Å²) in [4.78, 5) is 0. The molecule has 88 valence electrons. The van der Waals surface area contributed by atoms with Crippen molar-refractivity contribution in [2.45, 2.75) is 6.42 Å². The van der Waals surface area contributed by atoms with Gasteiger partial charge in [0.05, 0.1) is 7.11 Å². The first-order valence-corrected chi connectivity index (χ1v) is 5.74. The first kappa shape index (κ1) is 11.8. The molecule has 0 aliphatic carbocycles. The van der Waals surface area contributed by atoms with Crippen LogP contribution >= 0.6 is 11.6 Å². The number of benzene rings is 2. The van der Waals surface area contributed by atoms with E-state index in [1.54, 1.807) is 7.11 Å². The molecule has 0 spiro atoms. The second kappa shape index (κ2) is 5.11. The smallest absolute Gasteiger partial charge is 0.120 e. The number of hydrogen-bond donors (Lipinski definition) is 1. The fourth-order valence-electron chi connectivity index (χ4n) is 1.71. The predicted octanol–water partition coefficient (Wildman–Crippen LogP) is 3.52. The molecule has 0 bridgehead atoms. The summed E-state index contributed by atoms with van der Waals surface area (Å²) in [5.41, 5.74) is 8.83. The lowest BCUT2D eigenvalue weighted by atomic mass is 10.0. The van der Waals surface area contributed by atoms with E-state index in [9.17, 15) is 0 Å². The third kappa shape index (κ3) is 2.71. The van der Waals surface area contributed by atoms with E-state index in [1.807, 2.05) is 42.5 Å². The van der Waals surface area contributed by atoms with Gasteiger partial charge in [-0.25, -0.2) is 0 Å². The number of hydrogen-bond acceptors (Lipinski definition) is 2. The third-order valence-corrected chi connectivity index (χ3v) is 3.06. The molecule has 2 N–H and O–H groups in total. The Bertz CT molecular complexity index is 525. The first-order valence-electron chi connectivity index (χ1n) is 5.36. The number of methoxy groups -OCH3 is 1. The van der Waals surface area contributed by atoms with Gasteiger partial charge < -0.3 is 10.5 Å². The lowest BCUT2D eigenvalue weighted by molar-refractivity contribution is 0.415. The molecule has 2 aromatic rings. The molecule has 3 heteroatoms. The summed E-state index contributed by atoms with van der Waals surface area (Å²) in [7, 11) is 1.63. The molecule has 0 unspecified atom stereocenters. The molecule has 0 heterocycles. The second-order valence-corrected chi connectivity index (χ2v) is 4.24. The molecule has 0 saturated carbocycles. The van der Waals surface area contributed by atoms with Gasteiger partial charge in [-0.1, -0.05) is 35.9 Å². The van der Waals surface area contributed by atoms with Crippen molar-refractivity contribution in [3.63, 3.8) is 0 Å². The van der Waals surface area contributed by atoms with Crippen LogP contribution in [0.1, 0.15) is 11.1 Å². The van der Waals surface area contributed by atoms with Crippen LogP contribution in [0.4, 0.5) is 5.69 Å². The number of halogens is 1. The van der Waals surface area contributed by atoms with Crippen molar-refractivity contribution in [1.29, 1.82) is 0 Å². The molecule has 2 nitrogen and oxygen atoms in total. The van der Waals surface area contributed by atoms with Crippen LogP contribution in [0.2, 0.25) is 5.02 Å². The second-order valence-electron chi connectivity index (χ2n) is 3.83. The summed E-state index contributed by atoms with van der Waals surface area (Å²) in [5.74, 6) is 0.769. The van der Waals surface area contributed by atoms with E-state index >= 15 is 0 Å². The van der Waals surface area contributed by atoms with Gasteiger partial charge in [0.2, 0.25) is 0 Å². The Morgan fingerprint density at radius 2 is 1.88 bits per heavy atom. The van der Waals surface area contributed by atoms with E-state index in [-0.39, 0.29) is 0 Å². The molecule has 0 saturated heterocycles. The van der Waals surface area contributed by atoms with Gasteiger partial charge in [0.15, 0.2) is 0 Å². The van der Waals surface area contributed by atoms with Gasteiger partial charge in [-0.3, -0.25) is 0 Å². The Labute approximate surface area is 106 Å². The highest BCUT2D eigenvalue weighted by Gasteiger charge is 2.05. The molecule has 0 aliphatic heterocycles. The molecular weight excluding hydrogens is 234 g/mol. The van der Waals surface area contributed by atoms with Crippen molar-refractivity contribution in [3.8, 4) is 5.75 Å². The molecular formula is C14H14ClNO. The van der Waals surface area contributed by atoms with Crippen molar-refractivity contribution in [1.82, 2.24) is 0 Å².